The predicted molar refractivity (Wildman–Crippen MR) is 119 cm³/mol. The molecule has 0 atom stereocenters. The van der Waals surface area contributed by atoms with Gasteiger partial charge < -0.3 is 0 Å². The van der Waals surface area contributed by atoms with Gasteiger partial charge >= 0.3 is 0 Å². The number of aryl methyl sites for hydroxylation is 5. The standard InChI is InChI=1S/C27H25F2N/c1-2-19-6-14-25(30-18-19)15-7-21-8-16-26-23(17-21)11-10-22(27(26)29)9-3-20-4-12-24(28)13-5-20/h4-6,8,10-14,16-18H,2-3,7,9,15H2,1H3. The van der Waals surface area contributed by atoms with Gasteiger partial charge in [0.1, 0.15) is 11.6 Å². The minimum Gasteiger partial charge on any atom is -0.261 e. The number of fused-ring (bicyclic) bond motifs is 1. The molecule has 30 heavy (non-hydrogen) atoms. The molecule has 0 fully saturated rings. The molecule has 0 aliphatic carbocycles. The first kappa shape index (κ1) is 20.2. The molecule has 4 aromatic rings. The Hall–Kier alpha value is -3.07. The largest absolute Gasteiger partial charge is 0.261 e. The second-order valence-electron chi connectivity index (χ2n) is 7.73. The van der Waals surface area contributed by atoms with E-state index in [2.05, 4.69) is 30.1 Å². The molecule has 3 aromatic carbocycles. The summed E-state index contributed by atoms with van der Waals surface area (Å²) in [7, 11) is 0. The Morgan fingerprint density at radius 3 is 2.17 bits per heavy atom. The summed E-state index contributed by atoms with van der Waals surface area (Å²) >= 11 is 0. The second kappa shape index (κ2) is 9.17. The lowest BCUT2D eigenvalue weighted by atomic mass is 9.98. The second-order valence-corrected chi connectivity index (χ2v) is 7.73. The predicted octanol–water partition coefficient (Wildman–Crippen LogP) is 6.65. The summed E-state index contributed by atoms with van der Waals surface area (Å²) in [6, 6.07) is 20.5. The summed E-state index contributed by atoms with van der Waals surface area (Å²) in [5.41, 5.74) is 5.21. The van der Waals surface area contributed by atoms with Gasteiger partial charge in [0.05, 0.1) is 0 Å². The van der Waals surface area contributed by atoms with Crippen molar-refractivity contribution in [1.82, 2.24) is 4.98 Å². The van der Waals surface area contributed by atoms with Crippen LogP contribution in [-0.4, -0.2) is 4.98 Å². The van der Waals surface area contributed by atoms with Crippen LogP contribution in [-0.2, 0) is 32.1 Å². The van der Waals surface area contributed by atoms with Gasteiger partial charge in [0.15, 0.2) is 0 Å². The third-order valence-corrected chi connectivity index (χ3v) is 5.66. The van der Waals surface area contributed by atoms with Gasteiger partial charge in [0, 0.05) is 17.3 Å². The van der Waals surface area contributed by atoms with Crippen molar-refractivity contribution >= 4 is 10.8 Å². The summed E-state index contributed by atoms with van der Waals surface area (Å²) in [6.07, 6.45) is 5.96. The molecule has 0 aliphatic heterocycles. The summed E-state index contributed by atoms with van der Waals surface area (Å²) < 4.78 is 28.1. The van der Waals surface area contributed by atoms with E-state index < -0.39 is 0 Å². The third kappa shape index (κ3) is 4.73. The van der Waals surface area contributed by atoms with Gasteiger partial charge in [0.2, 0.25) is 0 Å². The Morgan fingerprint density at radius 1 is 0.700 bits per heavy atom. The van der Waals surface area contributed by atoms with Gasteiger partial charge in [-0.1, -0.05) is 55.5 Å². The fourth-order valence-corrected chi connectivity index (χ4v) is 3.75. The first-order valence-corrected chi connectivity index (χ1v) is 10.5. The van der Waals surface area contributed by atoms with E-state index in [0.717, 1.165) is 35.9 Å². The van der Waals surface area contributed by atoms with E-state index in [1.165, 1.54) is 23.3 Å². The number of aromatic nitrogens is 1. The molecular formula is C27H25F2N. The summed E-state index contributed by atoms with van der Waals surface area (Å²) in [4.78, 5) is 4.52. The molecule has 0 bridgehead atoms. The monoisotopic (exact) mass is 401 g/mol. The number of hydrogen-bond donors (Lipinski definition) is 0. The highest BCUT2D eigenvalue weighted by atomic mass is 19.1. The van der Waals surface area contributed by atoms with Crippen LogP contribution in [0.5, 0.6) is 0 Å². The molecule has 0 aliphatic rings. The van der Waals surface area contributed by atoms with Crippen LogP contribution in [0.15, 0.2) is 72.9 Å². The lowest BCUT2D eigenvalue weighted by Gasteiger charge is -2.09. The maximum atomic E-state index is 15.0. The highest BCUT2D eigenvalue weighted by Crippen LogP contribution is 2.24. The van der Waals surface area contributed by atoms with E-state index in [4.69, 9.17) is 0 Å². The number of nitrogens with zero attached hydrogens (tertiary/aromatic N) is 1. The van der Waals surface area contributed by atoms with E-state index in [-0.39, 0.29) is 11.6 Å². The van der Waals surface area contributed by atoms with Crippen molar-refractivity contribution in [3.05, 3.63) is 113 Å². The maximum Gasteiger partial charge on any atom is 0.134 e. The summed E-state index contributed by atoms with van der Waals surface area (Å²) in [6.45, 7) is 2.12. The van der Waals surface area contributed by atoms with Crippen molar-refractivity contribution in [2.45, 2.75) is 39.0 Å². The van der Waals surface area contributed by atoms with Crippen molar-refractivity contribution < 1.29 is 8.78 Å². The molecule has 0 unspecified atom stereocenters. The van der Waals surface area contributed by atoms with Crippen LogP contribution in [0.25, 0.3) is 10.8 Å². The van der Waals surface area contributed by atoms with Gasteiger partial charge in [-0.3, -0.25) is 4.98 Å². The number of halogens is 2. The molecule has 1 aromatic heterocycles. The van der Waals surface area contributed by atoms with Crippen LogP contribution >= 0.6 is 0 Å². The Bertz CT molecular complexity index is 1130. The molecule has 4 rings (SSSR count). The average Bonchev–Trinajstić information content (AvgIpc) is 2.78. The quantitative estimate of drug-likeness (QED) is 0.338. The first-order chi connectivity index (χ1) is 14.6. The van der Waals surface area contributed by atoms with Gasteiger partial charge in [-0.15, -0.1) is 0 Å². The molecule has 152 valence electrons. The molecular weight excluding hydrogens is 376 g/mol. The Labute approximate surface area is 176 Å². The smallest absolute Gasteiger partial charge is 0.134 e. The summed E-state index contributed by atoms with van der Waals surface area (Å²) in [5, 5.41) is 1.57. The van der Waals surface area contributed by atoms with Crippen molar-refractivity contribution in [3.63, 3.8) is 0 Å². The summed E-state index contributed by atoms with van der Waals surface area (Å²) in [5.74, 6) is -0.404. The van der Waals surface area contributed by atoms with Gasteiger partial charge in [-0.2, -0.15) is 0 Å². The number of pyridine rings is 1. The zero-order valence-electron chi connectivity index (χ0n) is 17.2. The molecule has 0 saturated carbocycles. The molecule has 1 heterocycles. The molecule has 0 saturated heterocycles. The van der Waals surface area contributed by atoms with Crippen LogP contribution in [0.3, 0.4) is 0 Å². The van der Waals surface area contributed by atoms with Gasteiger partial charge in [-0.25, -0.2) is 8.78 Å². The van der Waals surface area contributed by atoms with E-state index in [0.29, 0.717) is 23.8 Å². The highest BCUT2D eigenvalue weighted by molar-refractivity contribution is 5.84. The topological polar surface area (TPSA) is 12.9 Å². The van der Waals surface area contributed by atoms with Crippen molar-refractivity contribution in [1.29, 1.82) is 0 Å². The van der Waals surface area contributed by atoms with Crippen molar-refractivity contribution in [2.75, 3.05) is 0 Å². The SMILES string of the molecule is CCc1ccc(CCc2ccc3c(F)c(CCc4ccc(F)cc4)ccc3c2)nc1. The lowest BCUT2D eigenvalue weighted by molar-refractivity contribution is 0.619. The number of hydrogen-bond acceptors (Lipinski definition) is 1. The van der Waals surface area contributed by atoms with Crippen LogP contribution in [0.4, 0.5) is 8.78 Å². The first-order valence-electron chi connectivity index (χ1n) is 10.5. The van der Waals surface area contributed by atoms with Crippen LogP contribution in [0, 0.1) is 11.6 Å². The Balaban J connectivity index is 1.45. The molecule has 0 radical (unpaired) electrons. The maximum absolute atomic E-state index is 15.0. The third-order valence-electron chi connectivity index (χ3n) is 5.66. The van der Waals surface area contributed by atoms with Crippen LogP contribution < -0.4 is 0 Å². The van der Waals surface area contributed by atoms with E-state index in [9.17, 15) is 4.39 Å². The minimum atomic E-state index is -0.250. The van der Waals surface area contributed by atoms with Crippen LogP contribution in [0.1, 0.15) is 34.9 Å². The molecule has 1 nitrogen and oxygen atoms in total. The zero-order valence-corrected chi connectivity index (χ0v) is 17.2. The Morgan fingerprint density at radius 2 is 1.43 bits per heavy atom. The zero-order chi connectivity index (χ0) is 20.9. The normalized spacial score (nSPS) is 11.2. The number of rotatable bonds is 7. The van der Waals surface area contributed by atoms with Gasteiger partial charge in [-0.05, 0) is 77.9 Å². The fraction of sp³-hybridized carbons (Fsp3) is 0.222. The van der Waals surface area contributed by atoms with Gasteiger partial charge in [0.25, 0.3) is 0 Å². The number of benzene rings is 3. The molecule has 0 amide bonds. The molecule has 0 spiro atoms. The average molecular weight is 402 g/mol. The van der Waals surface area contributed by atoms with E-state index >= 15 is 4.39 Å². The van der Waals surface area contributed by atoms with Crippen molar-refractivity contribution in [3.8, 4) is 0 Å². The highest BCUT2D eigenvalue weighted by Gasteiger charge is 2.09. The van der Waals surface area contributed by atoms with E-state index in [1.54, 1.807) is 12.1 Å². The fourth-order valence-electron chi connectivity index (χ4n) is 3.75. The minimum absolute atomic E-state index is 0.155. The van der Waals surface area contributed by atoms with Crippen LogP contribution in [0.2, 0.25) is 0 Å². The van der Waals surface area contributed by atoms with Crippen molar-refractivity contribution in [2.24, 2.45) is 0 Å². The lowest BCUT2D eigenvalue weighted by Crippen LogP contribution is -1.98. The molecule has 0 N–H and O–H groups in total. The molecule has 3 heteroatoms. The van der Waals surface area contributed by atoms with E-state index in [1.807, 2.05) is 30.5 Å². The Kier molecular flexibility index (Phi) is 6.18.